The van der Waals surface area contributed by atoms with Crippen molar-refractivity contribution in [2.75, 3.05) is 26.3 Å². The maximum absolute atomic E-state index is 6.06. The van der Waals surface area contributed by atoms with Crippen molar-refractivity contribution in [3.05, 3.63) is 0 Å². The molecule has 0 aromatic heterocycles. The molecule has 1 aliphatic heterocycles. The quantitative estimate of drug-likeness (QED) is 0.819. The molecule has 0 bridgehead atoms. The first kappa shape index (κ1) is 14.3. The highest BCUT2D eigenvalue weighted by Crippen LogP contribution is 2.29. The molecule has 0 amide bonds. The van der Waals surface area contributed by atoms with Crippen LogP contribution < -0.4 is 5.73 Å². The molecule has 106 valence electrons. The Labute approximate surface area is 112 Å². The molecule has 0 spiro atoms. The Balaban J connectivity index is 1.89. The number of nitrogens with two attached hydrogens (primary N) is 1. The van der Waals surface area contributed by atoms with Crippen LogP contribution in [-0.4, -0.2) is 43.3 Å². The highest BCUT2D eigenvalue weighted by Gasteiger charge is 2.29. The van der Waals surface area contributed by atoms with Gasteiger partial charge >= 0.3 is 0 Å². The monoisotopic (exact) mass is 254 g/mol. The first-order chi connectivity index (χ1) is 8.85. The van der Waals surface area contributed by atoms with Gasteiger partial charge in [-0.05, 0) is 18.8 Å². The normalized spacial score (nSPS) is 29.3. The molecule has 1 heterocycles. The Morgan fingerprint density at radius 2 is 2.06 bits per heavy atom. The van der Waals surface area contributed by atoms with Crippen molar-refractivity contribution in [2.45, 2.75) is 64.0 Å². The van der Waals surface area contributed by atoms with Crippen LogP contribution in [-0.2, 0) is 4.74 Å². The highest BCUT2D eigenvalue weighted by atomic mass is 16.5. The molecule has 2 rings (SSSR count). The van der Waals surface area contributed by atoms with Crippen LogP contribution in [0.25, 0.3) is 0 Å². The lowest BCUT2D eigenvalue weighted by Gasteiger charge is -2.42. The third-order valence-corrected chi connectivity index (χ3v) is 4.82. The van der Waals surface area contributed by atoms with Crippen LogP contribution in [0, 0.1) is 5.92 Å². The van der Waals surface area contributed by atoms with Gasteiger partial charge in [0.15, 0.2) is 0 Å². The lowest BCUT2D eigenvalue weighted by atomic mass is 9.84. The minimum atomic E-state index is 0.585. The van der Waals surface area contributed by atoms with E-state index in [1.807, 2.05) is 0 Å². The molecule has 0 aromatic carbocycles. The summed E-state index contributed by atoms with van der Waals surface area (Å²) in [6, 6.07) is 1.18. The van der Waals surface area contributed by atoms with E-state index in [1.165, 1.54) is 44.9 Å². The Morgan fingerprint density at radius 1 is 1.28 bits per heavy atom. The van der Waals surface area contributed by atoms with E-state index in [1.54, 1.807) is 0 Å². The van der Waals surface area contributed by atoms with E-state index in [0.717, 1.165) is 32.2 Å². The fraction of sp³-hybridized carbons (Fsp3) is 1.00. The number of rotatable bonds is 5. The third kappa shape index (κ3) is 3.69. The van der Waals surface area contributed by atoms with Crippen molar-refractivity contribution < 1.29 is 4.74 Å². The molecule has 2 atom stereocenters. The number of hydrogen-bond donors (Lipinski definition) is 1. The Bertz CT molecular complexity index is 229. The summed E-state index contributed by atoms with van der Waals surface area (Å²) in [7, 11) is 0. The Morgan fingerprint density at radius 3 is 2.72 bits per heavy atom. The van der Waals surface area contributed by atoms with Crippen molar-refractivity contribution in [3.8, 4) is 0 Å². The highest BCUT2D eigenvalue weighted by molar-refractivity contribution is 4.84. The summed E-state index contributed by atoms with van der Waals surface area (Å²) in [4.78, 5) is 2.64. The molecular weight excluding hydrogens is 224 g/mol. The van der Waals surface area contributed by atoms with Crippen LogP contribution in [0.3, 0.4) is 0 Å². The summed E-state index contributed by atoms with van der Waals surface area (Å²) in [5, 5.41) is 0. The van der Waals surface area contributed by atoms with Crippen LogP contribution in [0.1, 0.15) is 51.9 Å². The summed E-state index contributed by atoms with van der Waals surface area (Å²) in [5.74, 6) is 0.924. The minimum Gasteiger partial charge on any atom is -0.378 e. The first-order valence-electron chi connectivity index (χ1n) is 7.88. The molecule has 2 fully saturated rings. The van der Waals surface area contributed by atoms with Gasteiger partial charge in [-0.1, -0.05) is 39.0 Å². The fourth-order valence-electron chi connectivity index (χ4n) is 3.68. The van der Waals surface area contributed by atoms with Gasteiger partial charge in [-0.25, -0.2) is 0 Å². The third-order valence-electron chi connectivity index (χ3n) is 4.82. The number of hydrogen-bond acceptors (Lipinski definition) is 3. The van der Waals surface area contributed by atoms with E-state index >= 15 is 0 Å². The number of morpholine rings is 1. The fourth-order valence-corrected chi connectivity index (χ4v) is 3.68. The zero-order chi connectivity index (χ0) is 12.8. The molecule has 3 nitrogen and oxygen atoms in total. The minimum absolute atomic E-state index is 0.585. The molecule has 2 unspecified atom stereocenters. The zero-order valence-corrected chi connectivity index (χ0v) is 11.9. The summed E-state index contributed by atoms with van der Waals surface area (Å²) >= 11 is 0. The molecular formula is C15H30N2O. The van der Waals surface area contributed by atoms with Crippen LogP contribution in [0.5, 0.6) is 0 Å². The van der Waals surface area contributed by atoms with Gasteiger partial charge in [-0.2, -0.15) is 0 Å². The van der Waals surface area contributed by atoms with Gasteiger partial charge in [-0.3, -0.25) is 4.90 Å². The smallest absolute Gasteiger partial charge is 0.0622 e. The van der Waals surface area contributed by atoms with Crippen LogP contribution >= 0.6 is 0 Å². The van der Waals surface area contributed by atoms with Crippen LogP contribution in [0.4, 0.5) is 0 Å². The molecule has 0 aromatic rings. The average molecular weight is 254 g/mol. The molecule has 2 N–H and O–H groups in total. The van der Waals surface area contributed by atoms with Gasteiger partial charge in [0.25, 0.3) is 0 Å². The predicted molar refractivity (Wildman–Crippen MR) is 75.6 cm³/mol. The first-order valence-corrected chi connectivity index (χ1v) is 7.88. The molecule has 1 aliphatic carbocycles. The molecule has 1 saturated carbocycles. The van der Waals surface area contributed by atoms with Gasteiger partial charge in [0.05, 0.1) is 13.2 Å². The van der Waals surface area contributed by atoms with E-state index in [0.29, 0.717) is 12.1 Å². The molecule has 1 saturated heterocycles. The van der Waals surface area contributed by atoms with Gasteiger partial charge in [0, 0.05) is 25.2 Å². The number of ether oxygens (including phenoxy) is 1. The maximum Gasteiger partial charge on any atom is 0.0622 e. The molecule has 3 heteroatoms. The topological polar surface area (TPSA) is 38.5 Å². The second kappa shape index (κ2) is 7.46. The average Bonchev–Trinajstić information content (AvgIpc) is 2.46. The second-order valence-electron chi connectivity index (χ2n) is 6.00. The van der Waals surface area contributed by atoms with E-state index < -0.39 is 0 Å². The predicted octanol–water partition coefficient (Wildman–Crippen LogP) is 2.39. The maximum atomic E-state index is 6.06. The summed E-state index contributed by atoms with van der Waals surface area (Å²) in [6.45, 7) is 5.94. The van der Waals surface area contributed by atoms with Gasteiger partial charge < -0.3 is 10.5 Å². The van der Waals surface area contributed by atoms with Gasteiger partial charge in [-0.15, -0.1) is 0 Å². The van der Waals surface area contributed by atoms with E-state index in [-0.39, 0.29) is 0 Å². The van der Waals surface area contributed by atoms with E-state index in [9.17, 15) is 0 Å². The summed E-state index contributed by atoms with van der Waals surface area (Å²) in [6.07, 6.45) is 9.66. The largest absolute Gasteiger partial charge is 0.378 e. The van der Waals surface area contributed by atoms with Crippen molar-refractivity contribution in [1.82, 2.24) is 4.90 Å². The van der Waals surface area contributed by atoms with Crippen LogP contribution in [0.15, 0.2) is 0 Å². The van der Waals surface area contributed by atoms with E-state index in [2.05, 4.69) is 11.8 Å². The zero-order valence-electron chi connectivity index (χ0n) is 11.9. The molecule has 2 aliphatic rings. The Hall–Kier alpha value is -0.120. The molecule has 18 heavy (non-hydrogen) atoms. The van der Waals surface area contributed by atoms with Crippen LogP contribution in [0.2, 0.25) is 0 Å². The standard InChI is InChI=1S/C15H30N2O/c1-2-14-12-18-9-8-17(14)15(11-16)10-13-6-4-3-5-7-13/h13-15H,2-12,16H2,1H3. The number of nitrogens with zero attached hydrogens (tertiary/aromatic N) is 1. The lowest BCUT2D eigenvalue weighted by Crippen LogP contribution is -2.53. The van der Waals surface area contributed by atoms with E-state index in [4.69, 9.17) is 10.5 Å². The second-order valence-corrected chi connectivity index (χ2v) is 6.00. The van der Waals surface area contributed by atoms with Crippen molar-refractivity contribution in [1.29, 1.82) is 0 Å². The van der Waals surface area contributed by atoms with Crippen molar-refractivity contribution >= 4 is 0 Å². The van der Waals surface area contributed by atoms with Crippen molar-refractivity contribution in [3.63, 3.8) is 0 Å². The van der Waals surface area contributed by atoms with Gasteiger partial charge in [0.1, 0.15) is 0 Å². The van der Waals surface area contributed by atoms with Gasteiger partial charge in [0.2, 0.25) is 0 Å². The summed E-state index contributed by atoms with van der Waals surface area (Å²) < 4.78 is 5.61. The Kier molecular flexibility index (Phi) is 5.93. The summed E-state index contributed by atoms with van der Waals surface area (Å²) in [5.41, 5.74) is 6.06. The van der Waals surface area contributed by atoms with Crippen molar-refractivity contribution in [2.24, 2.45) is 11.7 Å². The SMILES string of the molecule is CCC1COCCN1C(CN)CC1CCCCC1. The molecule has 0 radical (unpaired) electrons. The lowest BCUT2D eigenvalue weighted by molar-refractivity contribution is -0.0336.